The van der Waals surface area contributed by atoms with Crippen molar-refractivity contribution in [1.29, 1.82) is 0 Å². The first-order valence-corrected chi connectivity index (χ1v) is 8.97. The van der Waals surface area contributed by atoms with Crippen LogP contribution in [0.3, 0.4) is 0 Å². The molecule has 26 heavy (non-hydrogen) atoms. The second kappa shape index (κ2) is 7.86. The number of benzene rings is 1. The van der Waals surface area contributed by atoms with Crippen LogP contribution in [0.15, 0.2) is 24.4 Å². The van der Waals surface area contributed by atoms with Gasteiger partial charge in [-0.2, -0.15) is 5.10 Å². The van der Waals surface area contributed by atoms with Crippen LogP contribution in [0, 0.1) is 0 Å². The zero-order valence-electron chi connectivity index (χ0n) is 15.2. The Balaban J connectivity index is 1.82. The third-order valence-corrected chi connectivity index (χ3v) is 4.91. The molecule has 8 heteroatoms. The van der Waals surface area contributed by atoms with Gasteiger partial charge in [-0.05, 0) is 31.9 Å². The van der Waals surface area contributed by atoms with E-state index in [9.17, 15) is 4.79 Å². The van der Waals surface area contributed by atoms with Crippen LogP contribution in [0.5, 0.6) is 11.5 Å². The number of aromatic nitrogens is 2. The summed E-state index contributed by atoms with van der Waals surface area (Å²) in [6.45, 7) is 3.51. The molecule has 0 radical (unpaired) electrons. The predicted octanol–water partition coefficient (Wildman–Crippen LogP) is 3.94. The number of rotatable bonds is 5. The van der Waals surface area contributed by atoms with E-state index in [0.717, 1.165) is 25.1 Å². The third-order valence-electron chi connectivity index (χ3n) is 4.62. The maximum Gasteiger partial charge on any atom is 0.322 e. The normalized spacial score (nSPS) is 16.6. The number of methoxy groups -OCH3 is 2. The highest BCUT2D eigenvalue weighted by Gasteiger charge is 2.32. The van der Waals surface area contributed by atoms with Crippen molar-refractivity contribution in [2.75, 3.05) is 26.1 Å². The number of carbonyl (C=O) groups excluding carboxylic acids is 1. The Morgan fingerprint density at radius 3 is 2.81 bits per heavy atom. The number of likely N-dealkylation sites (tertiary alicyclic amines) is 1. The summed E-state index contributed by atoms with van der Waals surface area (Å²) in [5, 5.41) is 7.65. The maximum absolute atomic E-state index is 12.9. The zero-order chi connectivity index (χ0) is 18.7. The first-order valence-electron chi connectivity index (χ1n) is 8.59. The van der Waals surface area contributed by atoms with Crippen molar-refractivity contribution >= 4 is 23.3 Å². The molecule has 1 aliphatic heterocycles. The fourth-order valence-corrected chi connectivity index (χ4v) is 3.59. The lowest BCUT2D eigenvalue weighted by atomic mass is 10.1. The van der Waals surface area contributed by atoms with Crippen LogP contribution in [0.2, 0.25) is 5.02 Å². The molecular formula is C18H23ClN4O3. The van der Waals surface area contributed by atoms with Crippen molar-refractivity contribution < 1.29 is 14.3 Å². The average Bonchev–Trinajstić information content (AvgIpc) is 3.30. The second-order valence-corrected chi connectivity index (χ2v) is 6.45. The monoisotopic (exact) mass is 378 g/mol. The molecule has 2 heterocycles. The van der Waals surface area contributed by atoms with Crippen LogP contribution in [0.25, 0.3) is 0 Å². The number of nitrogens with zero attached hydrogens (tertiary/aromatic N) is 3. The summed E-state index contributed by atoms with van der Waals surface area (Å²) < 4.78 is 12.5. The molecule has 1 atom stereocenters. The van der Waals surface area contributed by atoms with Crippen LogP contribution in [0.4, 0.5) is 10.5 Å². The Bertz CT molecular complexity index is 793. The smallest absolute Gasteiger partial charge is 0.322 e. The van der Waals surface area contributed by atoms with Gasteiger partial charge in [-0.3, -0.25) is 4.68 Å². The molecule has 0 saturated carbocycles. The van der Waals surface area contributed by atoms with Gasteiger partial charge >= 0.3 is 6.03 Å². The number of halogens is 1. The van der Waals surface area contributed by atoms with Crippen LogP contribution in [0.1, 0.15) is 31.5 Å². The van der Waals surface area contributed by atoms with E-state index in [1.807, 2.05) is 22.6 Å². The number of hydrogen-bond donors (Lipinski definition) is 1. The molecule has 1 aliphatic rings. The second-order valence-electron chi connectivity index (χ2n) is 6.04. The number of aryl methyl sites for hydroxylation is 1. The summed E-state index contributed by atoms with van der Waals surface area (Å²) in [5.41, 5.74) is 1.57. The Kier molecular flexibility index (Phi) is 5.56. The standard InChI is InChI=1S/C18H23ClN4O3/c1-4-23-15(7-8-20-23)14-6-5-9-22(14)18(24)21-13-10-12(19)16(25-2)11-17(13)26-3/h7-8,10-11,14H,4-6,9H2,1-3H3,(H,21,24). The Labute approximate surface area is 157 Å². The van der Waals surface area contributed by atoms with E-state index >= 15 is 0 Å². The highest BCUT2D eigenvalue weighted by atomic mass is 35.5. The molecule has 140 valence electrons. The van der Waals surface area contributed by atoms with Gasteiger partial charge < -0.3 is 19.7 Å². The average molecular weight is 379 g/mol. The van der Waals surface area contributed by atoms with E-state index in [-0.39, 0.29) is 12.1 Å². The number of amides is 2. The van der Waals surface area contributed by atoms with Crippen LogP contribution in [-0.2, 0) is 6.54 Å². The van der Waals surface area contributed by atoms with E-state index in [2.05, 4.69) is 10.4 Å². The minimum atomic E-state index is -0.184. The predicted molar refractivity (Wildman–Crippen MR) is 100 cm³/mol. The number of nitrogens with one attached hydrogen (secondary N) is 1. The van der Waals surface area contributed by atoms with Crippen molar-refractivity contribution in [1.82, 2.24) is 14.7 Å². The van der Waals surface area contributed by atoms with E-state index in [1.165, 1.54) is 14.2 Å². The molecule has 0 bridgehead atoms. The van der Waals surface area contributed by atoms with Crippen molar-refractivity contribution in [3.63, 3.8) is 0 Å². The van der Waals surface area contributed by atoms with Crippen molar-refractivity contribution in [2.45, 2.75) is 32.4 Å². The topological polar surface area (TPSA) is 68.6 Å². The quantitative estimate of drug-likeness (QED) is 0.855. The lowest BCUT2D eigenvalue weighted by molar-refractivity contribution is 0.204. The van der Waals surface area contributed by atoms with Gasteiger partial charge in [0.2, 0.25) is 0 Å². The SMILES string of the molecule is CCn1nccc1C1CCCN1C(=O)Nc1cc(Cl)c(OC)cc1OC. The summed E-state index contributed by atoms with van der Waals surface area (Å²) in [6, 6.07) is 5.10. The van der Waals surface area contributed by atoms with Gasteiger partial charge in [0.25, 0.3) is 0 Å². The zero-order valence-corrected chi connectivity index (χ0v) is 15.9. The van der Waals surface area contributed by atoms with E-state index in [0.29, 0.717) is 28.8 Å². The van der Waals surface area contributed by atoms with Crippen LogP contribution >= 0.6 is 11.6 Å². The number of carbonyl (C=O) groups is 1. The van der Waals surface area contributed by atoms with Gasteiger partial charge in [-0.25, -0.2) is 4.79 Å². The lowest BCUT2D eigenvalue weighted by Gasteiger charge is -2.26. The van der Waals surface area contributed by atoms with Crippen molar-refractivity contribution in [3.8, 4) is 11.5 Å². The molecule has 1 saturated heterocycles. The van der Waals surface area contributed by atoms with Gasteiger partial charge in [0.1, 0.15) is 11.5 Å². The summed E-state index contributed by atoms with van der Waals surface area (Å²) >= 11 is 6.19. The van der Waals surface area contributed by atoms with Crippen molar-refractivity contribution in [3.05, 3.63) is 35.1 Å². The fourth-order valence-electron chi connectivity index (χ4n) is 3.35. The summed E-state index contributed by atoms with van der Waals surface area (Å²) in [4.78, 5) is 14.7. The molecule has 7 nitrogen and oxygen atoms in total. The molecule has 2 amide bonds. The number of anilines is 1. The van der Waals surface area contributed by atoms with E-state index in [4.69, 9.17) is 21.1 Å². The number of hydrogen-bond acceptors (Lipinski definition) is 4. The molecule has 1 N–H and O–H groups in total. The number of ether oxygens (including phenoxy) is 2. The summed E-state index contributed by atoms with van der Waals surface area (Å²) in [7, 11) is 3.07. The summed E-state index contributed by atoms with van der Waals surface area (Å²) in [6.07, 6.45) is 3.65. The molecule has 1 aromatic carbocycles. The summed E-state index contributed by atoms with van der Waals surface area (Å²) in [5.74, 6) is 0.987. The van der Waals surface area contributed by atoms with Gasteiger partial charge in [0.15, 0.2) is 0 Å². The highest BCUT2D eigenvalue weighted by molar-refractivity contribution is 6.32. The Morgan fingerprint density at radius 1 is 1.35 bits per heavy atom. The molecule has 0 spiro atoms. The molecule has 1 fully saturated rings. The van der Waals surface area contributed by atoms with Gasteiger partial charge in [-0.15, -0.1) is 0 Å². The Hall–Kier alpha value is -2.41. The first-order chi connectivity index (χ1) is 12.6. The maximum atomic E-state index is 12.9. The third kappa shape index (κ3) is 3.44. The first kappa shape index (κ1) is 18.4. The largest absolute Gasteiger partial charge is 0.495 e. The van der Waals surface area contributed by atoms with Crippen LogP contribution < -0.4 is 14.8 Å². The highest BCUT2D eigenvalue weighted by Crippen LogP contribution is 2.37. The molecular weight excluding hydrogens is 356 g/mol. The van der Waals surface area contributed by atoms with Crippen molar-refractivity contribution in [2.24, 2.45) is 0 Å². The molecule has 1 unspecified atom stereocenters. The molecule has 2 aromatic rings. The van der Waals surface area contributed by atoms with E-state index < -0.39 is 0 Å². The molecule has 1 aromatic heterocycles. The van der Waals surface area contributed by atoms with Gasteiger partial charge in [0.05, 0.1) is 36.7 Å². The minimum Gasteiger partial charge on any atom is -0.495 e. The molecule has 3 rings (SSSR count). The minimum absolute atomic E-state index is 0.0113. The molecule has 0 aliphatic carbocycles. The van der Waals surface area contributed by atoms with E-state index in [1.54, 1.807) is 18.3 Å². The van der Waals surface area contributed by atoms with Gasteiger partial charge in [0, 0.05) is 25.4 Å². The fraction of sp³-hybridized carbons (Fsp3) is 0.444. The van der Waals surface area contributed by atoms with Crippen LogP contribution in [-0.4, -0.2) is 41.5 Å². The number of urea groups is 1. The van der Waals surface area contributed by atoms with Gasteiger partial charge in [-0.1, -0.05) is 11.6 Å². The Morgan fingerprint density at radius 2 is 2.12 bits per heavy atom. The lowest BCUT2D eigenvalue weighted by Crippen LogP contribution is -2.35.